The van der Waals surface area contributed by atoms with Crippen molar-refractivity contribution in [2.45, 2.75) is 57.8 Å². The molecule has 0 radical (unpaired) electrons. The number of nitrogens with zero attached hydrogens (tertiary/aromatic N) is 1. The van der Waals surface area contributed by atoms with Gasteiger partial charge in [-0.1, -0.05) is 25.7 Å². The lowest BCUT2D eigenvalue weighted by Gasteiger charge is -2.26. The zero-order valence-electron chi connectivity index (χ0n) is 11.8. The summed E-state index contributed by atoms with van der Waals surface area (Å²) in [7, 11) is -2.82. The molecule has 114 valence electrons. The predicted molar refractivity (Wildman–Crippen MR) is 83.6 cm³/mol. The summed E-state index contributed by atoms with van der Waals surface area (Å²) in [5, 5.41) is 0. The van der Waals surface area contributed by atoms with E-state index in [0.29, 0.717) is 5.75 Å². The van der Waals surface area contributed by atoms with Gasteiger partial charge in [-0.2, -0.15) is 4.21 Å². The third-order valence-corrected chi connectivity index (χ3v) is 5.74. The van der Waals surface area contributed by atoms with Crippen LogP contribution in [0.3, 0.4) is 0 Å². The number of rotatable bonds is 9. The number of piperidine rings is 1. The first-order chi connectivity index (χ1) is 9.08. The van der Waals surface area contributed by atoms with Crippen LogP contribution in [0, 0.1) is 0 Å². The topological polar surface area (TPSA) is 60.8 Å². The first-order valence-electron chi connectivity index (χ1n) is 7.44. The summed E-state index contributed by atoms with van der Waals surface area (Å²) in [6.07, 6.45) is 11.2. The molecule has 0 aliphatic carbocycles. The van der Waals surface area contributed by atoms with Crippen molar-refractivity contribution in [1.29, 1.82) is 0 Å². The van der Waals surface area contributed by atoms with Crippen LogP contribution in [0.5, 0.6) is 0 Å². The van der Waals surface area contributed by atoms with Crippen molar-refractivity contribution in [1.82, 2.24) is 4.90 Å². The Morgan fingerprint density at radius 1 is 0.895 bits per heavy atom. The van der Waals surface area contributed by atoms with Gasteiger partial charge in [0.15, 0.2) is 5.75 Å². The zero-order chi connectivity index (χ0) is 14.0. The molecule has 1 rings (SSSR count). The minimum atomic E-state index is -3.58. The maximum absolute atomic E-state index is 10.6. The minimum absolute atomic E-state index is 0.569. The second kappa shape index (κ2) is 10.0. The molecule has 1 fully saturated rings. The number of hydrogen-bond donors (Lipinski definition) is 2. The lowest BCUT2D eigenvalue weighted by atomic mass is 10.1. The molecular formula is C13H28NO3S2+. The average molecular weight is 311 g/mol. The lowest BCUT2D eigenvalue weighted by molar-refractivity contribution is 0.224. The van der Waals surface area contributed by atoms with Gasteiger partial charge in [0.1, 0.15) is 0 Å². The highest BCUT2D eigenvalue weighted by Crippen LogP contribution is 2.11. The molecule has 0 aromatic heterocycles. The number of likely N-dealkylation sites (tertiary alicyclic amines) is 1. The monoisotopic (exact) mass is 310 g/mol. The van der Waals surface area contributed by atoms with Gasteiger partial charge >= 0.3 is 9.05 Å². The molecule has 4 nitrogen and oxygen atoms in total. The molecule has 0 amide bonds. The smallest absolute Gasteiger partial charge is 0.303 e. The fraction of sp³-hybridized carbons (Fsp3) is 1.00. The van der Waals surface area contributed by atoms with Crippen LogP contribution in [-0.2, 0) is 19.4 Å². The second-order valence-electron chi connectivity index (χ2n) is 5.29. The highest BCUT2D eigenvalue weighted by Gasteiger charge is 2.09. The van der Waals surface area contributed by atoms with Crippen LogP contribution >= 0.6 is 0 Å². The minimum Gasteiger partial charge on any atom is -0.303 e. The number of hydrogen-bond acceptors (Lipinski definition) is 2. The van der Waals surface area contributed by atoms with Crippen LogP contribution in [0.2, 0.25) is 0 Å². The maximum Gasteiger partial charge on any atom is 0.430 e. The Morgan fingerprint density at radius 3 is 2.11 bits per heavy atom. The summed E-state index contributed by atoms with van der Waals surface area (Å²) in [5.74, 6) is 0.569. The molecule has 2 N–H and O–H groups in total. The first-order valence-corrected chi connectivity index (χ1v) is 10.4. The predicted octanol–water partition coefficient (Wildman–Crippen LogP) is 3.04. The average Bonchev–Trinajstić information content (AvgIpc) is 2.37. The van der Waals surface area contributed by atoms with E-state index in [1.807, 2.05) is 0 Å². The zero-order valence-corrected chi connectivity index (χ0v) is 13.4. The normalized spacial score (nSPS) is 17.6. The molecule has 0 unspecified atom stereocenters. The molecular weight excluding hydrogens is 282 g/mol. The van der Waals surface area contributed by atoms with E-state index in [1.165, 1.54) is 64.6 Å². The summed E-state index contributed by atoms with van der Waals surface area (Å²) in [4.78, 5) is 2.58. The van der Waals surface area contributed by atoms with Gasteiger partial charge in [-0.25, -0.2) is 0 Å². The highest BCUT2D eigenvalue weighted by atomic mass is 32.9. The summed E-state index contributed by atoms with van der Waals surface area (Å²) < 4.78 is 27.9. The van der Waals surface area contributed by atoms with Crippen LogP contribution in [0.1, 0.15) is 57.8 Å². The van der Waals surface area contributed by atoms with Crippen molar-refractivity contribution >= 4 is 19.4 Å². The van der Waals surface area contributed by atoms with E-state index in [2.05, 4.69) is 4.90 Å². The van der Waals surface area contributed by atoms with Crippen molar-refractivity contribution in [3.05, 3.63) is 0 Å². The van der Waals surface area contributed by atoms with Gasteiger partial charge in [-0.05, 0) is 45.3 Å². The van der Waals surface area contributed by atoms with Gasteiger partial charge in [0.25, 0.3) is 10.3 Å². The fourth-order valence-corrected chi connectivity index (χ4v) is 4.04. The largest absolute Gasteiger partial charge is 0.430 e. The van der Waals surface area contributed by atoms with Crippen molar-refractivity contribution in [2.75, 3.05) is 25.4 Å². The van der Waals surface area contributed by atoms with Crippen molar-refractivity contribution < 1.29 is 13.3 Å². The maximum atomic E-state index is 10.6. The van der Waals surface area contributed by atoms with Crippen molar-refractivity contribution in [3.8, 4) is 0 Å². The highest BCUT2D eigenvalue weighted by molar-refractivity contribution is 8.34. The van der Waals surface area contributed by atoms with E-state index in [9.17, 15) is 4.21 Å². The molecule has 0 aromatic carbocycles. The van der Waals surface area contributed by atoms with E-state index >= 15 is 0 Å². The lowest BCUT2D eigenvalue weighted by Crippen LogP contribution is -2.30. The molecule has 1 heterocycles. The molecule has 0 bridgehead atoms. The molecule has 0 atom stereocenters. The fourth-order valence-electron chi connectivity index (χ4n) is 2.50. The van der Waals surface area contributed by atoms with Crippen LogP contribution in [0.25, 0.3) is 0 Å². The van der Waals surface area contributed by atoms with E-state index in [4.69, 9.17) is 9.11 Å². The first kappa shape index (κ1) is 17.3. The number of unbranched alkanes of at least 4 members (excludes halogenated alkanes) is 5. The van der Waals surface area contributed by atoms with Gasteiger partial charge in [-0.3, -0.25) is 9.11 Å². The van der Waals surface area contributed by atoms with Gasteiger partial charge in [0, 0.05) is 6.42 Å². The second-order valence-corrected chi connectivity index (χ2v) is 8.84. The van der Waals surface area contributed by atoms with Crippen LogP contribution < -0.4 is 0 Å². The summed E-state index contributed by atoms with van der Waals surface area (Å²) in [6.45, 7) is 3.84. The van der Waals surface area contributed by atoms with Crippen molar-refractivity contribution in [3.63, 3.8) is 0 Å². The van der Waals surface area contributed by atoms with E-state index in [1.54, 1.807) is 0 Å². The Morgan fingerprint density at radius 2 is 1.47 bits per heavy atom. The van der Waals surface area contributed by atoms with Crippen LogP contribution in [0.15, 0.2) is 0 Å². The molecule has 1 aliphatic rings. The SMILES string of the molecule is O=S(O)(O)=[S+]CCCCCCCCN1CCCCC1. The third kappa shape index (κ3) is 10.7. The molecule has 1 saturated heterocycles. The van der Waals surface area contributed by atoms with E-state index < -0.39 is 9.05 Å². The Labute approximate surface area is 121 Å². The van der Waals surface area contributed by atoms with Crippen LogP contribution in [0.4, 0.5) is 0 Å². The van der Waals surface area contributed by atoms with Gasteiger partial charge in [0.05, 0.1) is 0 Å². The van der Waals surface area contributed by atoms with Gasteiger partial charge in [-0.15, -0.1) is 0 Å². The Balaban J connectivity index is 1.84. The molecule has 0 saturated carbocycles. The Bertz CT molecular complexity index is 327. The molecule has 1 aliphatic heterocycles. The molecule has 0 spiro atoms. The van der Waals surface area contributed by atoms with E-state index in [0.717, 1.165) is 23.2 Å². The van der Waals surface area contributed by atoms with E-state index in [-0.39, 0.29) is 0 Å². The molecule has 19 heavy (non-hydrogen) atoms. The summed E-state index contributed by atoms with van der Waals surface area (Å²) in [6, 6.07) is 0. The summed E-state index contributed by atoms with van der Waals surface area (Å²) >= 11 is 0. The Kier molecular flexibility index (Phi) is 9.15. The van der Waals surface area contributed by atoms with Gasteiger partial charge < -0.3 is 4.90 Å². The quantitative estimate of drug-likeness (QED) is 0.507. The third-order valence-electron chi connectivity index (χ3n) is 3.55. The van der Waals surface area contributed by atoms with Crippen LogP contribution in [-0.4, -0.2) is 43.6 Å². The summed E-state index contributed by atoms with van der Waals surface area (Å²) in [5.41, 5.74) is 0. The standard InChI is InChI=1S/C13H27NO3S2/c15-19(16,17)18-13-9-4-2-1-3-6-10-14-11-7-5-8-12-14/h1-13H2,(H-,15,16,17)/p+1. The molecule has 0 aromatic rings. The Hall–Kier alpha value is 0.250. The molecule has 6 heteroatoms. The van der Waals surface area contributed by atoms with Crippen molar-refractivity contribution in [2.24, 2.45) is 0 Å². The van der Waals surface area contributed by atoms with Gasteiger partial charge in [0.2, 0.25) is 0 Å².